The summed E-state index contributed by atoms with van der Waals surface area (Å²) in [5.74, 6) is 0.647. The number of carbonyl (C=O) groups is 2. The number of amides is 2. The average molecular weight is 417 g/mol. The summed E-state index contributed by atoms with van der Waals surface area (Å²) in [6.45, 7) is 7.43. The zero-order valence-electron chi connectivity index (χ0n) is 18.2. The number of carbonyl (C=O) groups excluding carboxylic acids is 2. The van der Waals surface area contributed by atoms with Gasteiger partial charge in [-0.05, 0) is 59.3 Å². The van der Waals surface area contributed by atoms with E-state index in [2.05, 4.69) is 9.97 Å². The third kappa shape index (κ3) is 4.52. The van der Waals surface area contributed by atoms with Gasteiger partial charge in [0.15, 0.2) is 5.82 Å². The second-order valence-corrected chi connectivity index (χ2v) is 9.76. The molecule has 1 atom stereocenters. The van der Waals surface area contributed by atoms with Gasteiger partial charge >= 0.3 is 12.2 Å². The van der Waals surface area contributed by atoms with Gasteiger partial charge in [0.1, 0.15) is 11.2 Å². The first kappa shape index (κ1) is 20.9. The van der Waals surface area contributed by atoms with Crippen molar-refractivity contribution in [1.29, 1.82) is 0 Å². The van der Waals surface area contributed by atoms with Crippen molar-refractivity contribution in [2.75, 3.05) is 24.5 Å². The summed E-state index contributed by atoms with van der Waals surface area (Å²) in [4.78, 5) is 37.3. The molecule has 0 bridgehead atoms. The summed E-state index contributed by atoms with van der Waals surface area (Å²) < 4.78 is 11.3. The van der Waals surface area contributed by atoms with Gasteiger partial charge in [-0.2, -0.15) is 0 Å². The molecule has 8 heteroatoms. The maximum absolute atomic E-state index is 12.4. The van der Waals surface area contributed by atoms with Crippen LogP contribution in [0.4, 0.5) is 15.4 Å². The first-order valence-electron chi connectivity index (χ1n) is 11.1. The van der Waals surface area contributed by atoms with Crippen LogP contribution in [0.3, 0.4) is 0 Å². The highest BCUT2D eigenvalue weighted by Gasteiger charge is 2.46. The predicted molar refractivity (Wildman–Crippen MR) is 111 cm³/mol. The molecule has 1 aromatic heterocycles. The van der Waals surface area contributed by atoms with Crippen LogP contribution in [0.25, 0.3) is 0 Å². The van der Waals surface area contributed by atoms with Crippen LogP contribution in [0, 0.1) is 0 Å². The van der Waals surface area contributed by atoms with Crippen LogP contribution in [0.15, 0.2) is 12.4 Å². The number of aromatic nitrogens is 2. The van der Waals surface area contributed by atoms with E-state index < -0.39 is 5.60 Å². The molecule has 4 rings (SSSR count). The molecule has 3 heterocycles. The van der Waals surface area contributed by atoms with Crippen molar-refractivity contribution in [2.45, 2.75) is 82.8 Å². The first-order valence-corrected chi connectivity index (χ1v) is 11.1. The van der Waals surface area contributed by atoms with Crippen molar-refractivity contribution in [2.24, 2.45) is 0 Å². The maximum Gasteiger partial charge on any atom is 0.416 e. The van der Waals surface area contributed by atoms with E-state index in [9.17, 15) is 9.59 Å². The second-order valence-electron chi connectivity index (χ2n) is 9.76. The number of rotatable bonds is 2. The molecule has 8 nitrogen and oxygen atoms in total. The Kier molecular flexibility index (Phi) is 5.59. The summed E-state index contributed by atoms with van der Waals surface area (Å²) in [5, 5.41) is 0. The number of anilines is 1. The molecule has 164 valence electrons. The van der Waals surface area contributed by atoms with Gasteiger partial charge in [-0.15, -0.1) is 0 Å². The van der Waals surface area contributed by atoms with E-state index in [4.69, 9.17) is 9.47 Å². The van der Waals surface area contributed by atoms with Crippen LogP contribution in [0.2, 0.25) is 0 Å². The molecule has 2 aliphatic heterocycles. The van der Waals surface area contributed by atoms with E-state index >= 15 is 0 Å². The van der Waals surface area contributed by atoms with E-state index in [1.807, 2.05) is 20.8 Å². The quantitative estimate of drug-likeness (QED) is 0.716. The van der Waals surface area contributed by atoms with Gasteiger partial charge in [-0.25, -0.2) is 14.6 Å². The summed E-state index contributed by atoms with van der Waals surface area (Å²) in [7, 11) is 0. The zero-order valence-corrected chi connectivity index (χ0v) is 18.2. The number of piperidine rings is 1. The molecule has 0 N–H and O–H groups in total. The van der Waals surface area contributed by atoms with Gasteiger partial charge in [-0.3, -0.25) is 9.88 Å². The third-order valence-electron chi connectivity index (χ3n) is 6.16. The van der Waals surface area contributed by atoms with Crippen molar-refractivity contribution in [3.05, 3.63) is 18.1 Å². The number of hydrogen-bond donors (Lipinski definition) is 0. The van der Waals surface area contributed by atoms with Gasteiger partial charge in [0.25, 0.3) is 0 Å². The predicted octanol–water partition coefficient (Wildman–Crippen LogP) is 4.25. The Morgan fingerprint density at radius 3 is 2.60 bits per heavy atom. The van der Waals surface area contributed by atoms with Crippen LogP contribution >= 0.6 is 0 Å². The molecule has 0 radical (unpaired) electrons. The molecule has 1 aliphatic carbocycles. The lowest BCUT2D eigenvalue weighted by atomic mass is 9.85. The van der Waals surface area contributed by atoms with Gasteiger partial charge < -0.3 is 14.4 Å². The fraction of sp³-hybridized carbons (Fsp3) is 0.727. The summed E-state index contributed by atoms with van der Waals surface area (Å²) in [5.41, 5.74) is -0.0228. The summed E-state index contributed by atoms with van der Waals surface area (Å²) >= 11 is 0. The minimum atomic E-state index is -0.508. The highest BCUT2D eigenvalue weighted by Crippen LogP contribution is 2.38. The van der Waals surface area contributed by atoms with Crippen molar-refractivity contribution in [1.82, 2.24) is 14.9 Å². The maximum atomic E-state index is 12.4. The van der Waals surface area contributed by atoms with Crippen LogP contribution in [-0.4, -0.2) is 57.9 Å². The number of hydrogen-bond acceptors (Lipinski definition) is 6. The molecule has 30 heavy (non-hydrogen) atoms. The van der Waals surface area contributed by atoms with Gasteiger partial charge in [0.05, 0.1) is 24.6 Å². The monoisotopic (exact) mass is 416 g/mol. The lowest BCUT2D eigenvalue weighted by Crippen LogP contribution is -2.42. The van der Waals surface area contributed by atoms with Gasteiger partial charge in [-0.1, -0.05) is 6.42 Å². The van der Waals surface area contributed by atoms with Crippen molar-refractivity contribution < 1.29 is 19.1 Å². The van der Waals surface area contributed by atoms with E-state index in [1.54, 1.807) is 22.2 Å². The van der Waals surface area contributed by atoms with Crippen molar-refractivity contribution >= 4 is 18.0 Å². The fourth-order valence-electron chi connectivity index (χ4n) is 4.65. The SMILES string of the molecule is CC(C)(C)OC(=O)N1CCC[C@H](c2cnc(N3CC4(CCCCC4)OC3=O)cn2)C1. The highest BCUT2D eigenvalue weighted by molar-refractivity contribution is 5.89. The highest BCUT2D eigenvalue weighted by atomic mass is 16.6. The van der Waals surface area contributed by atoms with Crippen LogP contribution in [-0.2, 0) is 9.47 Å². The zero-order chi connectivity index (χ0) is 21.4. The third-order valence-corrected chi connectivity index (χ3v) is 6.16. The number of nitrogens with zero attached hydrogens (tertiary/aromatic N) is 4. The van der Waals surface area contributed by atoms with E-state index in [-0.39, 0.29) is 23.7 Å². The Morgan fingerprint density at radius 2 is 1.93 bits per heavy atom. The molecule has 1 saturated carbocycles. The summed E-state index contributed by atoms with van der Waals surface area (Å²) in [6, 6.07) is 0. The van der Waals surface area contributed by atoms with Crippen molar-refractivity contribution in [3.8, 4) is 0 Å². The standard InChI is InChI=1S/C22H32N4O4/c1-21(2,3)29-19(27)25-11-7-8-16(14-25)17-12-24-18(13-23-17)26-15-22(30-20(26)28)9-5-4-6-10-22/h12-13,16H,4-11,14-15H2,1-3H3/t16-/m0/s1. The summed E-state index contributed by atoms with van der Waals surface area (Å²) in [6.07, 6.45) is 9.87. The molecule has 2 saturated heterocycles. The Labute approximate surface area is 177 Å². The fourth-order valence-corrected chi connectivity index (χ4v) is 4.65. The lowest BCUT2D eigenvalue weighted by molar-refractivity contribution is 0.0196. The number of ether oxygens (including phenoxy) is 2. The van der Waals surface area contributed by atoms with Crippen LogP contribution in [0.1, 0.15) is 77.3 Å². The molecular formula is C22H32N4O4. The minimum Gasteiger partial charge on any atom is -0.444 e. The second kappa shape index (κ2) is 8.04. The van der Waals surface area contributed by atoms with Gasteiger partial charge in [0, 0.05) is 19.0 Å². The van der Waals surface area contributed by atoms with E-state index in [0.717, 1.165) is 44.2 Å². The van der Waals surface area contributed by atoms with Gasteiger partial charge in [0.2, 0.25) is 0 Å². The first-order chi connectivity index (χ1) is 14.2. The molecular weight excluding hydrogens is 384 g/mol. The average Bonchev–Trinajstić information content (AvgIpc) is 3.03. The Morgan fingerprint density at radius 1 is 1.17 bits per heavy atom. The Bertz CT molecular complexity index is 783. The molecule has 2 amide bonds. The molecule has 3 aliphatic rings. The minimum absolute atomic E-state index is 0.114. The Balaban J connectivity index is 1.41. The molecule has 0 aromatic carbocycles. The largest absolute Gasteiger partial charge is 0.444 e. The molecule has 3 fully saturated rings. The normalized spacial score (nSPS) is 24.1. The van der Waals surface area contributed by atoms with Crippen molar-refractivity contribution in [3.63, 3.8) is 0 Å². The molecule has 0 unspecified atom stereocenters. The van der Waals surface area contributed by atoms with Crippen LogP contribution < -0.4 is 4.90 Å². The topological polar surface area (TPSA) is 84.9 Å². The molecule has 1 spiro atoms. The smallest absolute Gasteiger partial charge is 0.416 e. The van der Waals surface area contributed by atoms with E-state index in [1.165, 1.54) is 6.42 Å². The number of likely N-dealkylation sites (tertiary alicyclic amines) is 1. The van der Waals surface area contributed by atoms with E-state index in [0.29, 0.717) is 25.5 Å². The lowest BCUT2D eigenvalue weighted by Gasteiger charge is -2.33. The Hall–Kier alpha value is -2.38. The van der Waals surface area contributed by atoms with Crippen LogP contribution in [0.5, 0.6) is 0 Å². The molecule has 1 aromatic rings.